The topological polar surface area (TPSA) is 29.5 Å². The van der Waals surface area contributed by atoms with Gasteiger partial charge in [-0.3, -0.25) is 0 Å². The third-order valence-electron chi connectivity index (χ3n) is 3.24. The molecule has 0 heterocycles. The number of aliphatic hydroxyl groups is 1. The highest BCUT2D eigenvalue weighted by Gasteiger charge is 2.35. The summed E-state index contributed by atoms with van der Waals surface area (Å²) >= 11 is 0. The summed E-state index contributed by atoms with van der Waals surface area (Å²) in [6.07, 6.45) is -10.4. The van der Waals surface area contributed by atoms with Crippen LogP contribution in [0, 0.1) is 0 Å². The second kappa shape index (κ2) is 6.72. The molecule has 0 saturated heterocycles. The average molecular weight is 350 g/mol. The number of aliphatic hydroxyl groups excluding tert-OH is 1. The first-order chi connectivity index (χ1) is 11.1. The summed E-state index contributed by atoms with van der Waals surface area (Å²) in [5.41, 5.74) is -1.81. The third-order valence-corrected chi connectivity index (χ3v) is 3.24. The first-order valence-corrected chi connectivity index (χ1v) is 6.74. The highest BCUT2D eigenvalue weighted by molar-refractivity contribution is 5.36. The molecular formula is C16H12F6O2. The van der Waals surface area contributed by atoms with Crippen LogP contribution in [-0.4, -0.2) is 11.7 Å². The number of benzene rings is 2. The van der Waals surface area contributed by atoms with E-state index in [4.69, 9.17) is 4.74 Å². The van der Waals surface area contributed by atoms with Gasteiger partial charge in [-0.25, -0.2) is 0 Å². The summed E-state index contributed by atoms with van der Waals surface area (Å²) in [7, 11) is 0. The SMILES string of the molecule is OCC(Oc1ccccc1C(F)(F)F)c1ccc(C(F)(F)F)cc1. The Morgan fingerprint density at radius 1 is 0.833 bits per heavy atom. The van der Waals surface area contributed by atoms with Crippen molar-refractivity contribution in [2.24, 2.45) is 0 Å². The molecule has 0 spiro atoms. The standard InChI is InChI=1S/C16H12F6O2/c17-15(18,19)11-7-5-10(6-8-11)14(9-23)24-13-4-2-1-3-12(13)16(20,21)22/h1-8,14,23H,9H2. The van der Waals surface area contributed by atoms with E-state index < -0.39 is 41.9 Å². The lowest BCUT2D eigenvalue weighted by atomic mass is 10.1. The van der Waals surface area contributed by atoms with Gasteiger partial charge in [-0.1, -0.05) is 24.3 Å². The van der Waals surface area contributed by atoms with Crippen LogP contribution < -0.4 is 4.74 Å². The van der Waals surface area contributed by atoms with Gasteiger partial charge in [-0.05, 0) is 29.8 Å². The van der Waals surface area contributed by atoms with Crippen molar-refractivity contribution in [3.63, 3.8) is 0 Å². The minimum absolute atomic E-state index is 0.127. The first kappa shape index (κ1) is 18.1. The minimum atomic E-state index is -4.66. The molecule has 0 radical (unpaired) electrons. The molecule has 2 aromatic carbocycles. The van der Waals surface area contributed by atoms with Crippen LogP contribution >= 0.6 is 0 Å². The van der Waals surface area contributed by atoms with E-state index in [0.717, 1.165) is 36.4 Å². The maximum absolute atomic E-state index is 12.9. The summed E-state index contributed by atoms with van der Waals surface area (Å²) < 4.78 is 81.5. The Morgan fingerprint density at radius 3 is 1.92 bits per heavy atom. The lowest BCUT2D eigenvalue weighted by molar-refractivity contribution is -0.140. The van der Waals surface area contributed by atoms with Gasteiger partial charge in [0, 0.05) is 0 Å². The fourth-order valence-electron chi connectivity index (χ4n) is 2.05. The quantitative estimate of drug-likeness (QED) is 0.800. The molecule has 0 saturated carbocycles. The van der Waals surface area contributed by atoms with Gasteiger partial charge in [0.2, 0.25) is 0 Å². The molecule has 2 rings (SSSR count). The minimum Gasteiger partial charge on any atom is -0.483 e. The Labute approximate surface area is 133 Å². The molecule has 0 fully saturated rings. The van der Waals surface area contributed by atoms with Crippen molar-refractivity contribution in [2.45, 2.75) is 18.5 Å². The molecule has 0 aliphatic rings. The van der Waals surface area contributed by atoms with Gasteiger partial charge in [0.25, 0.3) is 0 Å². The highest BCUT2D eigenvalue weighted by Crippen LogP contribution is 2.38. The maximum Gasteiger partial charge on any atom is 0.419 e. The van der Waals surface area contributed by atoms with Gasteiger partial charge in [0.1, 0.15) is 11.9 Å². The molecule has 24 heavy (non-hydrogen) atoms. The number of alkyl halides is 6. The molecule has 1 N–H and O–H groups in total. The molecule has 0 aliphatic carbocycles. The van der Waals surface area contributed by atoms with E-state index in [1.807, 2.05) is 0 Å². The van der Waals surface area contributed by atoms with E-state index in [-0.39, 0.29) is 5.56 Å². The van der Waals surface area contributed by atoms with E-state index >= 15 is 0 Å². The van der Waals surface area contributed by atoms with E-state index in [9.17, 15) is 31.4 Å². The monoisotopic (exact) mass is 350 g/mol. The number of halogens is 6. The van der Waals surface area contributed by atoms with Gasteiger partial charge in [-0.2, -0.15) is 26.3 Å². The molecule has 130 valence electrons. The van der Waals surface area contributed by atoms with E-state index in [2.05, 4.69) is 0 Å². The second-order valence-electron chi connectivity index (χ2n) is 4.90. The first-order valence-electron chi connectivity index (χ1n) is 6.74. The van der Waals surface area contributed by atoms with Gasteiger partial charge in [0.05, 0.1) is 17.7 Å². The largest absolute Gasteiger partial charge is 0.483 e. The molecule has 2 aromatic rings. The highest BCUT2D eigenvalue weighted by atomic mass is 19.4. The van der Waals surface area contributed by atoms with E-state index in [1.165, 1.54) is 12.1 Å². The lowest BCUT2D eigenvalue weighted by Crippen LogP contribution is -2.16. The van der Waals surface area contributed by atoms with Crippen LogP contribution in [0.1, 0.15) is 22.8 Å². The van der Waals surface area contributed by atoms with Gasteiger partial charge < -0.3 is 9.84 Å². The van der Waals surface area contributed by atoms with Crippen molar-refractivity contribution >= 4 is 0 Å². The molecule has 8 heteroatoms. The van der Waals surface area contributed by atoms with Crippen LogP contribution in [0.15, 0.2) is 48.5 Å². The zero-order valence-electron chi connectivity index (χ0n) is 12.0. The fraction of sp³-hybridized carbons (Fsp3) is 0.250. The molecule has 1 atom stereocenters. The van der Waals surface area contributed by atoms with E-state index in [1.54, 1.807) is 0 Å². The Kier molecular flexibility index (Phi) is 5.08. The molecule has 0 bridgehead atoms. The molecule has 0 amide bonds. The number of hydrogen-bond acceptors (Lipinski definition) is 2. The van der Waals surface area contributed by atoms with Crippen molar-refractivity contribution in [1.29, 1.82) is 0 Å². The number of para-hydroxylation sites is 1. The Balaban J connectivity index is 2.28. The third kappa shape index (κ3) is 4.19. The predicted octanol–water partition coefficient (Wildman–Crippen LogP) is 4.84. The van der Waals surface area contributed by atoms with Crippen LogP contribution in [0.4, 0.5) is 26.3 Å². The normalized spacial score (nSPS) is 13.6. The van der Waals surface area contributed by atoms with Crippen molar-refractivity contribution in [3.05, 3.63) is 65.2 Å². The van der Waals surface area contributed by atoms with Crippen molar-refractivity contribution in [1.82, 2.24) is 0 Å². The molecule has 1 unspecified atom stereocenters. The summed E-state index contributed by atoms with van der Waals surface area (Å²) in [6, 6.07) is 8.06. The molecular weight excluding hydrogens is 338 g/mol. The summed E-state index contributed by atoms with van der Waals surface area (Å²) in [6.45, 7) is -0.697. The lowest BCUT2D eigenvalue weighted by Gasteiger charge is -2.21. The smallest absolute Gasteiger partial charge is 0.419 e. The van der Waals surface area contributed by atoms with Gasteiger partial charge >= 0.3 is 12.4 Å². The van der Waals surface area contributed by atoms with Crippen LogP contribution in [0.3, 0.4) is 0 Å². The number of ether oxygens (including phenoxy) is 1. The maximum atomic E-state index is 12.9. The summed E-state index contributed by atoms with van der Waals surface area (Å²) in [5.74, 6) is -0.510. The fourth-order valence-corrected chi connectivity index (χ4v) is 2.05. The molecule has 0 aromatic heterocycles. The Hall–Kier alpha value is -2.22. The zero-order valence-corrected chi connectivity index (χ0v) is 12.0. The Bertz CT molecular complexity index is 676. The van der Waals surface area contributed by atoms with Crippen molar-refractivity contribution < 1.29 is 36.2 Å². The number of hydrogen-bond donors (Lipinski definition) is 1. The van der Waals surface area contributed by atoms with Crippen molar-refractivity contribution in [2.75, 3.05) is 6.61 Å². The van der Waals surface area contributed by atoms with Crippen LogP contribution in [-0.2, 0) is 12.4 Å². The van der Waals surface area contributed by atoms with Crippen LogP contribution in [0.25, 0.3) is 0 Å². The molecule has 2 nitrogen and oxygen atoms in total. The molecule has 0 aliphatic heterocycles. The van der Waals surface area contributed by atoms with Crippen LogP contribution in [0.5, 0.6) is 5.75 Å². The van der Waals surface area contributed by atoms with E-state index in [0.29, 0.717) is 0 Å². The Morgan fingerprint density at radius 2 is 1.42 bits per heavy atom. The van der Waals surface area contributed by atoms with Gasteiger partial charge in [0.15, 0.2) is 0 Å². The second-order valence-corrected chi connectivity index (χ2v) is 4.90. The van der Waals surface area contributed by atoms with Crippen LogP contribution in [0.2, 0.25) is 0 Å². The number of rotatable bonds is 4. The summed E-state index contributed by atoms with van der Waals surface area (Å²) in [4.78, 5) is 0. The average Bonchev–Trinajstić information content (AvgIpc) is 2.51. The predicted molar refractivity (Wildman–Crippen MR) is 73.3 cm³/mol. The summed E-state index contributed by atoms with van der Waals surface area (Å²) in [5, 5.41) is 9.34. The zero-order chi connectivity index (χ0) is 18.0. The van der Waals surface area contributed by atoms with Crippen molar-refractivity contribution in [3.8, 4) is 5.75 Å². The van der Waals surface area contributed by atoms with Gasteiger partial charge in [-0.15, -0.1) is 0 Å².